The van der Waals surface area contributed by atoms with Gasteiger partial charge in [-0.15, -0.1) is 0 Å². The van der Waals surface area contributed by atoms with E-state index in [2.05, 4.69) is 5.32 Å². The number of carbonyl (C=O) groups excluding carboxylic acids is 1. The molecule has 0 aliphatic rings. The van der Waals surface area contributed by atoms with Gasteiger partial charge in [0.05, 0.1) is 12.1 Å². The molecule has 1 atom stereocenters. The summed E-state index contributed by atoms with van der Waals surface area (Å²) in [6, 6.07) is 0. The normalized spacial score (nSPS) is 13.4. The molecule has 54 valence electrons. The maximum Gasteiger partial charge on any atom is 0.225 e. The van der Waals surface area contributed by atoms with Crippen molar-refractivity contribution in [1.82, 2.24) is 5.32 Å². The van der Waals surface area contributed by atoms with Gasteiger partial charge in [-0.2, -0.15) is 0 Å². The molecule has 0 aromatic carbocycles. The summed E-state index contributed by atoms with van der Waals surface area (Å²) in [5, 5.41) is 2.45. The standard InChI is InChI=1S/C5H13N3O/c1-3(4(6)7)5(9)8-2/h3-4H,6-7H2,1-2H3,(H,8,9). The molecule has 0 heterocycles. The minimum absolute atomic E-state index is 0.120. The molecule has 4 nitrogen and oxygen atoms in total. The van der Waals surface area contributed by atoms with Gasteiger partial charge in [0.25, 0.3) is 0 Å². The number of amides is 1. The Labute approximate surface area is 54.6 Å². The maximum atomic E-state index is 10.7. The molecule has 1 amide bonds. The highest BCUT2D eigenvalue weighted by molar-refractivity contribution is 5.78. The highest BCUT2D eigenvalue weighted by atomic mass is 16.1. The molecule has 0 bridgehead atoms. The summed E-state index contributed by atoms with van der Waals surface area (Å²) < 4.78 is 0. The van der Waals surface area contributed by atoms with Crippen LogP contribution in [0, 0.1) is 5.92 Å². The number of carbonyl (C=O) groups is 1. The van der Waals surface area contributed by atoms with Crippen molar-refractivity contribution >= 4 is 5.91 Å². The molecule has 0 aliphatic carbocycles. The Morgan fingerprint density at radius 3 is 2.11 bits per heavy atom. The second kappa shape index (κ2) is 3.42. The third-order valence-electron chi connectivity index (χ3n) is 1.24. The Morgan fingerprint density at radius 1 is 1.56 bits per heavy atom. The summed E-state index contributed by atoms with van der Waals surface area (Å²) >= 11 is 0. The molecule has 1 unspecified atom stereocenters. The third kappa shape index (κ3) is 2.43. The molecule has 0 fully saturated rings. The lowest BCUT2D eigenvalue weighted by Crippen LogP contribution is -2.44. The highest BCUT2D eigenvalue weighted by Crippen LogP contribution is 1.93. The van der Waals surface area contributed by atoms with Crippen molar-refractivity contribution in [2.24, 2.45) is 17.4 Å². The van der Waals surface area contributed by atoms with Crippen LogP contribution in [0.5, 0.6) is 0 Å². The third-order valence-corrected chi connectivity index (χ3v) is 1.24. The molecule has 4 heteroatoms. The van der Waals surface area contributed by atoms with E-state index in [1.165, 1.54) is 0 Å². The first-order valence-electron chi connectivity index (χ1n) is 2.82. The van der Waals surface area contributed by atoms with E-state index in [4.69, 9.17) is 11.5 Å². The summed E-state index contributed by atoms with van der Waals surface area (Å²) in [5.41, 5.74) is 10.5. The zero-order valence-corrected chi connectivity index (χ0v) is 5.72. The number of hydrogen-bond donors (Lipinski definition) is 3. The van der Waals surface area contributed by atoms with Crippen molar-refractivity contribution in [1.29, 1.82) is 0 Å². The molecule has 0 rings (SSSR count). The van der Waals surface area contributed by atoms with Crippen LogP contribution in [0.1, 0.15) is 6.92 Å². The largest absolute Gasteiger partial charge is 0.359 e. The Hall–Kier alpha value is -0.610. The van der Waals surface area contributed by atoms with Crippen LogP contribution in [0.4, 0.5) is 0 Å². The van der Waals surface area contributed by atoms with Gasteiger partial charge in [0, 0.05) is 7.05 Å². The summed E-state index contributed by atoms with van der Waals surface area (Å²) in [4.78, 5) is 10.7. The zero-order chi connectivity index (χ0) is 7.44. The van der Waals surface area contributed by atoms with Gasteiger partial charge in [-0.3, -0.25) is 4.79 Å². The van der Waals surface area contributed by atoms with E-state index >= 15 is 0 Å². The van der Waals surface area contributed by atoms with E-state index in [9.17, 15) is 4.79 Å². The monoisotopic (exact) mass is 131 g/mol. The van der Waals surface area contributed by atoms with Gasteiger partial charge < -0.3 is 16.8 Å². The van der Waals surface area contributed by atoms with Crippen LogP contribution in [0.25, 0.3) is 0 Å². The van der Waals surface area contributed by atoms with E-state index in [1.54, 1.807) is 14.0 Å². The second-order valence-corrected chi connectivity index (χ2v) is 1.98. The Bertz CT molecular complexity index is 102. The second-order valence-electron chi connectivity index (χ2n) is 1.98. The number of rotatable bonds is 2. The number of hydrogen-bond acceptors (Lipinski definition) is 3. The van der Waals surface area contributed by atoms with E-state index in [0.29, 0.717) is 0 Å². The van der Waals surface area contributed by atoms with Gasteiger partial charge in [-0.1, -0.05) is 6.92 Å². The lowest BCUT2D eigenvalue weighted by molar-refractivity contribution is -0.124. The molecule has 0 saturated carbocycles. The minimum Gasteiger partial charge on any atom is -0.359 e. The fourth-order valence-electron chi connectivity index (χ4n) is 0.402. The smallest absolute Gasteiger partial charge is 0.225 e. The highest BCUT2D eigenvalue weighted by Gasteiger charge is 2.14. The quantitative estimate of drug-likeness (QED) is 0.404. The van der Waals surface area contributed by atoms with Gasteiger partial charge in [-0.05, 0) is 0 Å². The SMILES string of the molecule is CNC(=O)C(C)C(N)N. The van der Waals surface area contributed by atoms with Crippen LogP contribution in [0.2, 0.25) is 0 Å². The lowest BCUT2D eigenvalue weighted by Gasteiger charge is -2.12. The molecule has 0 radical (unpaired) electrons. The predicted molar refractivity (Wildman–Crippen MR) is 35.4 cm³/mol. The van der Waals surface area contributed by atoms with Crippen molar-refractivity contribution in [3.63, 3.8) is 0 Å². The Balaban J connectivity index is 3.72. The molecule has 9 heavy (non-hydrogen) atoms. The molecular weight excluding hydrogens is 118 g/mol. The van der Waals surface area contributed by atoms with Crippen LogP contribution in [-0.2, 0) is 4.79 Å². The van der Waals surface area contributed by atoms with Gasteiger partial charge in [0.15, 0.2) is 0 Å². The average Bonchev–Trinajstić information content (AvgIpc) is 1.84. The van der Waals surface area contributed by atoms with Crippen LogP contribution >= 0.6 is 0 Å². The van der Waals surface area contributed by atoms with Gasteiger partial charge in [0.2, 0.25) is 5.91 Å². The van der Waals surface area contributed by atoms with Gasteiger partial charge in [-0.25, -0.2) is 0 Å². The summed E-state index contributed by atoms with van der Waals surface area (Å²) in [6.45, 7) is 1.68. The summed E-state index contributed by atoms with van der Waals surface area (Å²) in [5.74, 6) is -0.431. The van der Waals surface area contributed by atoms with E-state index in [1.807, 2.05) is 0 Å². The van der Waals surface area contributed by atoms with Crippen molar-refractivity contribution in [2.45, 2.75) is 13.1 Å². The first-order chi connectivity index (χ1) is 4.09. The van der Waals surface area contributed by atoms with Crippen LogP contribution in [0.3, 0.4) is 0 Å². The van der Waals surface area contributed by atoms with E-state index < -0.39 is 6.17 Å². The Kier molecular flexibility index (Phi) is 3.19. The lowest BCUT2D eigenvalue weighted by atomic mass is 10.1. The summed E-state index contributed by atoms with van der Waals surface area (Å²) in [6.07, 6.45) is -0.565. The van der Waals surface area contributed by atoms with Crippen molar-refractivity contribution in [3.8, 4) is 0 Å². The van der Waals surface area contributed by atoms with Crippen molar-refractivity contribution < 1.29 is 4.79 Å². The van der Waals surface area contributed by atoms with Crippen LogP contribution in [-0.4, -0.2) is 19.1 Å². The van der Waals surface area contributed by atoms with E-state index in [-0.39, 0.29) is 11.8 Å². The first-order valence-corrected chi connectivity index (χ1v) is 2.82. The van der Waals surface area contributed by atoms with Gasteiger partial charge >= 0.3 is 0 Å². The molecular formula is C5H13N3O. The van der Waals surface area contributed by atoms with E-state index in [0.717, 1.165) is 0 Å². The minimum atomic E-state index is -0.565. The van der Waals surface area contributed by atoms with Gasteiger partial charge in [0.1, 0.15) is 0 Å². The van der Waals surface area contributed by atoms with Crippen LogP contribution < -0.4 is 16.8 Å². The molecule has 5 N–H and O–H groups in total. The fraction of sp³-hybridized carbons (Fsp3) is 0.800. The number of nitrogens with two attached hydrogens (primary N) is 2. The summed E-state index contributed by atoms with van der Waals surface area (Å²) in [7, 11) is 1.56. The number of nitrogens with one attached hydrogen (secondary N) is 1. The van der Waals surface area contributed by atoms with Crippen molar-refractivity contribution in [3.05, 3.63) is 0 Å². The zero-order valence-electron chi connectivity index (χ0n) is 5.72. The first kappa shape index (κ1) is 8.39. The molecule has 0 aliphatic heterocycles. The molecule has 0 saturated heterocycles. The van der Waals surface area contributed by atoms with Crippen LogP contribution in [0.15, 0.2) is 0 Å². The topological polar surface area (TPSA) is 81.1 Å². The molecule has 0 aromatic rings. The van der Waals surface area contributed by atoms with Crippen molar-refractivity contribution in [2.75, 3.05) is 7.05 Å². The molecule has 0 aromatic heterocycles. The maximum absolute atomic E-state index is 10.7. The molecule has 0 spiro atoms. The Morgan fingerprint density at radius 2 is 2.00 bits per heavy atom. The predicted octanol–water partition coefficient (Wildman–Crippen LogP) is -1.39. The fourth-order valence-corrected chi connectivity index (χ4v) is 0.402. The average molecular weight is 131 g/mol.